The van der Waals surface area contributed by atoms with Crippen LogP contribution >= 0.6 is 0 Å². The van der Waals surface area contributed by atoms with Crippen LogP contribution in [0.1, 0.15) is 50.7 Å². The van der Waals surface area contributed by atoms with Crippen LogP contribution in [-0.4, -0.2) is 19.7 Å². The van der Waals surface area contributed by atoms with E-state index in [1.165, 1.54) is 30.4 Å². The van der Waals surface area contributed by atoms with Gasteiger partial charge in [0.25, 0.3) is 0 Å². The Morgan fingerprint density at radius 2 is 2.18 bits per heavy atom. The number of methoxy groups -OCH3 is 1. The average Bonchev–Trinajstić information content (AvgIpc) is 2.52. The number of fused-ring (bicyclic) bond motifs is 3. The van der Waals surface area contributed by atoms with Crippen LogP contribution in [0, 0.1) is 11.3 Å². The Hall–Kier alpha value is -1.60. The van der Waals surface area contributed by atoms with E-state index in [-0.39, 0.29) is 10.8 Å². The van der Waals surface area contributed by atoms with Gasteiger partial charge in [-0.2, -0.15) is 0 Å². The molecule has 1 fully saturated rings. The third kappa shape index (κ3) is 2.28. The summed E-state index contributed by atoms with van der Waals surface area (Å²) in [5, 5.41) is 0. The number of rotatable bonds is 3. The summed E-state index contributed by atoms with van der Waals surface area (Å²) in [5.41, 5.74) is 3.17. The molecule has 2 aliphatic rings. The quantitative estimate of drug-likeness (QED) is 0.624. The number of isocyanates is 1. The lowest BCUT2D eigenvalue weighted by Crippen LogP contribution is -2.50. The average molecular weight is 299 g/mol. The lowest BCUT2D eigenvalue weighted by atomic mass is 9.50. The molecule has 0 amide bonds. The van der Waals surface area contributed by atoms with Crippen LogP contribution in [0.4, 0.5) is 0 Å². The molecular formula is C19H25NO2. The molecule has 3 nitrogen and oxygen atoms in total. The van der Waals surface area contributed by atoms with Crippen molar-refractivity contribution in [1.82, 2.24) is 0 Å². The van der Waals surface area contributed by atoms with Crippen molar-refractivity contribution in [3.8, 4) is 5.75 Å². The van der Waals surface area contributed by atoms with Crippen molar-refractivity contribution in [2.24, 2.45) is 16.3 Å². The van der Waals surface area contributed by atoms with Crippen LogP contribution in [0.3, 0.4) is 0 Å². The van der Waals surface area contributed by atoms with E-state index in [4.69, 9.17) is 4.74 Å². The fourth-order valence-electron chi connectivity index (χ4n) is 5.10. The predicted octanol–water partition coefficient (Wildman–Crippen LogP) is 4.04. The van der Waals surface area contributed by atoms with Gasteiger partial charge in [-0.05, 0) is 65.7 Å². The standard InChI is InChI=1S/C19H25NO2/c1-18(12-20-13-21)9-4-10-19(2)16-11-15(22-3)7-5-14(16)6-8-17(18)19/h5,7,11,17H,4,6,8-10,12H2,1-3H3/t17-,18+,19-/m1/s1. The molecule has 1 aromatic rings. The van der Waals surface area contributed by atoms with E-state index >= 15 is 0 Å². The molecule has 0 heterocycles. The lowest BCUT2D eigenvalue weighted by Gasteiger charge is -2.55. The number of hydrogen-bond donors (Lipinski definition) is 0. The number of ether oxygens (including phenoxy) is 1. The summed E-state index contributed by atoms with van der Waals surface area (Å²) in [4.78, 5) is 14.6. The van der Waals surface area contributed by atoms with Gasteiger partial charge in [-0.3, -0.25) is 0 Å². The second-order valence-electron chi connectivity index (χ2n) is 7.45. The summed E-state index contributed by atoms with van der Waals surface area (Å²) >= 11 is 0. The fraction of sp³-hybridized carbons (Fsp3) is 0.632. The summed E-state index contributed by atoms with van der Waals surface area (Å²) in [7, 11) is 1.73. The Labute approximate surface area is 132 Å². The second-order valence-corrected chi connectivity index (χ2v) is 7.45. The minimum atomic E-state index is 0.102. The molecule has 2 aliphatic carbocycles. The number of carbonyl (C=O) groups excluding carboxylic acids is 1. The van der Waals surface area contributed by atoms with Crippen LogP contribution in [-0.2, 0) is 16.6 Å². The Morgan fingerprint density at radius 3 is 2.91 bits per heavy atom. The van der Waals surface area contributed by atoms with Gasteiger partial charge in [0.15, 0.2) is 0 Å². The fourth-order valence-corrected chi connectivity index (χ4v) is 5.10. The molecule has 0 aliphatic heterocycles. The third-order valence-corrected chi connectivity index (χ3v) is 6.19. The van der Waals surface area contributed by atoms with E-state index in [1.54, 1.807) is 13.2 Å². The van der Waals surface area contributed by atoms with Crippen LogP contribution in [0.15, 0.2) is 23.2 Å². The zero-order valence-electron chi connectivity index (χ0n) is 13.8. The zero-order valence-corrected chi connectivity index (χ0v) is 13.8. The number of hydrogen-bond acceptors (Lipinski definition) is 3. The molecule has 1 saturated carbocycles. The van der Waals surface area contributed by atoms with Gasteiger partial charge in [-0.15, -0.1) is 0 Å². The maximum atomic E-state index is 10.6. The summed E-state index contributed by atoms with van der Waals surface area (Å²) in [5.74, 6) is 1.50. The maximum Gasteiger partial charge on any atom is 0.234 e. The zero-order chi connectivity index (χ0) is 15.8. The first-order valence-corrected chi connectivity index (χ1v) is 8.24. The molecule has 0 radical (unpaired) electrons. The van der Waals surface area contributed by atoms with Gasteiger partial charge in [0.2, 0.25) is 6.08 Å². The Morgan fingerprint density at radius 1 is 1.36 bits per heavy atom. The van der Waals surface area contributed by atoms with Gasteiger partial charge < -0.3 is 4.74 Å². The molecule has 0 bridgehead atoms. The first kappa shape index (κ1) is 15.3. The van der Waals surface area contributed by atoms with Crippen LogP contribution in [0.25, 0.3) is 0 Å². The summed E-state index contributed by atoms with van der Waals surface area (Å²) in [6, 6.07) is 6.53. The van der Waals surface area contributed by atoms with Crippen molar-refractivity contribution in [2.75, 3.05) is 13.7 Å². The Kier molecular flexibility index (Phi) is 3.86. The molecule has 0 aromatic heterocycles. The van der Waals surface area contributed by atoms with Gasteiger partial charge in [-0.1, -0.05) is 26.3 Å². The highest BCUT2D eigenvalue weighted by Gasteiger charge is 2.51. The van der Waals surface area contributed by atoms with Crippen molar-refractivity contribution in [3.05, 3.63) is 29.3 Å². The van der Waals surface area contributed by atoms with Gasteiger partial charge in [0.05, 0.1) is 13.7 Å². The molecule has 3 rings (SSSR count). The smallest absolute Gasteiger partial charge is 0.234 e. The topological polar surface area (TPSA) is 38.7 Å². The highest BCUT2D eigenvalue weighted by atomic mass is 16.5. The highest BCUT2D eigenvalue weighted by Crippen LogP contribution is 2.57. The van der Waals surface area contributed by atoms with Crippen LogP contribution in [0.5, 0.6) is 5.75 Å². The summed E-state index contributed by atoms with van der Waals surface area (Å²) < 4.78 is 5.45. The van der Waals surface area contributed by atoms with E-state index in [1.807, 2.05) is 0 Å². The number of benzene rings is 1. The molecule has 3 heteroatoms. The minimum absolute atomic E-state index is 0.102. The van der Waals surface area contributed by atoms with Crippen molar-refractivity contribution >= 4 is 6.08 Å². The Balaban J connectivity index is 2.05. The van der Waals surface area contributed by atoms with E-state index < -0.39 is 0 Å². The number of aliphatic imine (C=N–C) groups is 1. The van der Waals surface area contributed by atoms with Crippen LogP contribution < -0.4 is 4.74 Å². The van der Waals surface area contributed by atoms with Crippen molar-refractivity contribution in [2.45, 2.75) is 51.4 Å². The first-order chi connectivity index (χ1) is 10.5. The maximum absolute atomic E-state index is 10.6. The van der Waals surface area contributed by atoms with Gasteiger partial charge in [0, 0.05) is 0 Å². The third-order valence-electron chi connectivity index (χ3n) is 6.19. The molecule has 0 spiro atoms. The van der Waals surface area contributed by atoms with E-state index in [0.717, 1.165) is 18.6 Å². The molecule has 118 valence electrons. The first-order valence-electron chi connectivity index (χ1n) is 8.24. The summed E-state index contributed by atoms with van der Waals surface area (Å²) in [6.07, 6.45) is 7.58. The summed E-state index contributed by atoms with van der Waals surface area (Å²) in [6.45, 7) is 5.31. The van der Waals surface area contributed by atoms with E-state index in [0.29, 0.717) is 12.5 Å². The molecule has 1 aromatic carbocycles. The molecule has 0 N–H and O–H groups in total. The number of aryl methyl sites for hydroxylation is 1. The molecule has 0 unspecified atom stereocenters. The molecule has 22 heavy (non-hydrogen) atoms. The number of nitrogens with zero attached hydrogens (tertiary/aromatic N) is 1. The van der Waals surface area contributed by atoms with Crippen molar-refractivity contribution in [1.29, 1.82) is 0 Å². The monoisotopic (exact) mass is 299 g/mol. The molecule has 3 atom stereocenters. The SMILES string of the molecule is COc1ccc2c(c1)[C@@]1(C)CCC[C@@](C)(CN=C=O)[C@H]1CC2. The minimum Gasteiger partial charge on any atom is -0.497 e. The highest BCUT2D eigenvalue weighted by molar-refractivity contribution is 5.44. The van der Waals surface area contributed by atoms with Gasteiger partial charge >= 0.3 is 0 Å². The predicted molar refractivity (Wildman–Crippen MR) is 87.1 cm³/mol. The second kappa shape index (κ2) is 5.55. The van der Waals surface area contributed by atoms with Crippen LogP contribution in [0.2, 0.25) is 0 Å². The lowest BCUT2D eigenvalue weighted by molar-refractivity contribution is 0.0329. The van der Waals surface area contributed by atoms with Gasteiger partial charge in [-0.25, -0.2) is 9.79 Å². The van der Waals surface area contributed by atoms with E-state index in [9.17, 15) is 4.79 Å². The van der Waals surface area contributed by atoms with Crippen molar-refractivity contribution in [3.63, 3.8) is 0 Å². The van der Waals surface area contributed by atoms with Gasteiger partial charge in [0.1, 0.15) is 5.75 Å². The van der Waals surface area contributed by atoms with E-state index in [2.05, 4.69) is 37.0 Å². The van der Waals surface area contributed by atoms with Crippen molar-refractivity contribution < 1.29 is 9.53 Å². The molecular weight excluding hydrogens is 274 g/mol. The largest absolute Gasteiger partial charge is 0.497 e. The molecule has 0 saturated heterocycles. The Bertz CT molecular complexity index is 620. The normalized spacial score (nSPS) is 33.3.